The number of rotatable bonds is 6. The van der Waals surface area contributed by atoms with E-state index in [4.69, 9.17) is 0 Å². The van der Waals surface area contributed by atoms with Gasteiger partial charge in [0.2, 0.25) is 0 Å². The molecule has 198 valence electrons. The largest absolute Gasteiger partial charge is 0.507 e. The normalized spacial score (nSPS) is 17.2. The van der Waals surface area contributed by atoms with E-state index in [9.17, 15) is 14.7 Å². The Hall–Kier alpha value is -3.86. The maximum atomic E-state index is 13.6. The van der Waals surface area contributed by atoms with Crippen molar-refractivity contribution in [3.05, 3.63) is 100 Å². The van der Waals surface area contributed by atoms with Gasteiger partial charge in [-0.15, -0.1) is 0 Å². The second-order valence-electron chi connectivity index (χ2n) is 11.1. The number of Topliss-reactive ketones (excluding diaryl/α,β-unsaturated/α-hetero) is 1. The van der Waals surface area contributed by atoms with Crippen LogP contribution in [-0.4, -0.2) is 29.9 Å². The lowest BCUT2D eigenvalue weighted by Gasteiger charge is -2.27. The average Bonchev–Trinajstić information content (AvgIpc) is 3.14. The Morgan fingerprint density at radius 3 is 2.16 bits per heavy atom. The van der Waals surface area contributed by atoms with Crippen LogP contribution in [0.5, 0.6) is 0 Å². The van der Waals surface area contributed by atoms with E-state index < -0.39 is 17.7 Å². The second kappa shape index (κ2) is 10.5. The van der Waals surface area contributed by atoms with Crippen molar-refractivity contribution in [3.8, 4) is 0 Å². The van der Waals surface area contributed by atoms with Gasteiger partial charge in [0.25, 0.3) is 11.7 Å². The molecule has 0 aliphatic carbocycles. The Balaban J connectivity index is 1.95. The van der Waals surface area contributed by atoms with Gasteiger partial charge in [0.05, 0.1) is 11.6 Å². The zero-order valence-electron chi connectivity index (χ0n) is 23.5. The Morgan fingerprint density at radius 1 is 0.921 bits per heavy atom. The minimum Gasteiger partial charge on any atom is -0.507 e. The monoisotopic (exact) mass is 510 g/mol. The highest BCUT2D eigenvalue weighted by Gasteiger charge is 2.47. The van der Waals surface area contributed by atoms with Crippen LogP contribution in [-0.2, 0) is 15.0 Å². The highest BCUT2D eigenvalue weighted by atomic mass is 16.3. The first-order valence-electron chi connectivity index (χ1n) is 13.3. The molecule has 0 spiro atoms. The van der Waals surface area contributed by atoms with Gasteiger partial charge in [-0.05, 0) is 85.7 Å². The first-order chi connectivity index (χ1) is 18.0. The summed E-state index contributed by atoms with van der Waals surface area (Å²) < 4.78 is 0. The Bertz CT molecular complexity index is 1390. The summed E-state index contributed by atoms with van der Waals surface area (Å²) in [4.78, 5) is 30.9. The summed E-state index contributed by atoms with van der Waals surface area (Å²) in [5, 5.41) is 11.7. The fraction of sp³-hybridized carbons (Fsp3) is 0.333. The van der Waals surface area contributed by atoms with E-state index in [1.807, 2.05) is 80.6 Å². The van der Waals surface area contributed by atoms with E-state index in [1.165, 1.54) is 4.90 Å². The van der Waals surface area contributed by atoms with E-state index in [1.54, 1.807) is 0 Å². The number of aryl methyl sites for hydroxylation is 2. The van der Waals surface area contributed by atoms with Crippen LogP contribution in [0, 0.1) is 13.8 Å². The van der Waals surface area contributed by atoms with Gasteiger partial charge >= 0.3 is 0 Å². The topological polar surface area (TPSA) is 60.9 Å². The molecular weight excluding hydrogens is 472 g/mol. The summed E-state index contributed by atoms with van der Waals surface area (Å²) in [7, 11) is 0. The van der Waals surface area contributed by atoms with Crippen molar-refractivity contribution in [1.29, 1.82) is 0 Å². The van der Waals surface area contributed by atoms with Crippen molar-refractivity contribution in [2.45, 2.75) is 59.9 Å². The summed E-state index contributed by atoms with van der Waals surface area (Å²) in [5.41, 5.74) is 5.87. The van der Waals surface area contributed by atoms with Gasteiger partial charge in [0, 0.05) is 30.0 Å². The molecule has 0 radical (unpaired) electrons. The van der Waals surface area contributed by atoms with Crippen LogP contribution < -0.4 is 9.80 Å². The van der Waals surface area contributed by atoms with Crippen LogP contribution >= 0.6 is 0 Å². The zero-order valence-corrected chi connectivity index (χ0v) is 23.5. The molecule has 1 atom stereocenters. The van der Waals surface area contributed by atoms with Gasteiger partial charge in [-0.25, -0.2) is 0 Å². The molecule has 0 aromatic heterocycles. The van der Waals surface area contributed by atoms with Gasteiger partial charge in [-0.2, -0.15) is 0 Å². The molecule has 1 saturated heterocycles. The SMILES string of the molecule is CCN(CC)c1ccc(C2/C(=C(\O)c3cc(C(C)(C)C)ccc3C)C(=O)C(=O)N2c2cccc(C)c2)cc1. The molecule has 5 nitrogen and oxygen atoms in total. The number of hydrogen-bond donors (Lipinski definition) is 1. The van der Waals surface area contributed by atoms with Crippen LogP contribution in [0.2, 0.25) is 0 Å². The number of nitrogens with zero attached hydrogens (tertiary/aromatic N) is 2. The van der Waals surface area contributed by atoms with Gasteiger partial charge in [0.1, 0.15) is 5.76 Å². The number of anilines is 2. The number of aliphatic hydroxyl groups is 1. The highest BCUT2D eigenvalue weighted by molar-refractivity contribution is 6.51. The predicted molar refractivity (Wildman–Crippen MR) is 156 cm³/mol. The second-order valence-corrected chi connectivity index (χ2v) is 11.1. The molecule has 0 bridgehead atoms. The summed E-state index contributed by atoms with van der Waals surface area (Å²) in [6.07, 6.45) is 0. The van der Waals surface area contributed by atoms with Crippen molar-refractivity contribution in [1.82, 2.24) is 0 Å². The van der Waals surface area contributed by atoms with Crippen LogP contribution in [0.25, 0.3) is 5.76 Å². The first-order valence-corrected chi connectivity index (χ1v) is 13.3. The van der Waals surface area contributed by atoms with E-state index >= 15 is 0 Å². The fourth-order valence-corrected chi connectivity index (χ4v) is 5.14. The van der Waals surface area contributed by atoms with Crippen molar-refractivity contribution < 1.29 is 14.7 Å². The molecule has 1 aliphatic rings. The number of carbonyl (C=O) groups is 2. The molecule has 3 aromatic carbocycles. The molecule has 3 aromatic rings. The molecule has 1 unspecified atom stereocenters. The van der Waals surface area contributed by atoms with Gasteiger partial charge in [-0.1, -0.05) is 57.2 Å². The molecule has 1 heterocycles. The lowest BCUT2D eigenvalue weighted by molar-refractivity contribution is -0.132. The van der Waals surface area contributed by atoms with E-state index in [0.29, 0.717) is 11.3 Å². The molecule has 0 saturated carbocycles. The average molecular weight is 511 g/mol. The van der Waals surface area contributed by atoms with Crippen LogP contribution in [0.15, 0.2) is 72.3 Å². The molecule has 1 amide bonds. The molecule has 1 N–H and O–H groups in total. The van der Waals surface area contributed by atoms with E-state index in [2.05, 4.69) is 39.5 Å². The van der Waals surface area contributed by atoms with Gasteiger partial charge in [0.15, 0.2) is 0 Å². The maximum Gasteiger partial charge on any atom is 0.300 e. The quantitative estimate of drug-likeness (QED) is 0.219. The van der Waals surface area contributed by atoms with Crippen molar-refractivity contribution in [3.63, 3.8) is 0 Å². The summed E-state index contributed by atoms with van der Waals surface area (Å²) in [5.74, 6) is -1.46. The van der Waals surface area contributed by atoms with Crippen molar-refractivity contribution in [2.75, 3.05) is 22.9 Å². The number of benzene rings is 3. The smallest absolute Gasteiger partial charge is 0.300 e. The molecular formula is C33H38N2O3. The zero-order chi connectivity index (χ0) is 27.8. The number of hydrogen-bond acceptors (Lipinski definition) is 4. The lowest BCUT2D eigenvalue weighted by Crippen LogP contribution is -2.29. The number of carbonyl (C=O) groups excluding carboxylic acids is 2. The number of amides is 1. The third-order valence-electron chi connectivity index (χ3n) is 7.42. The first kappa shape index (κ1) is 27.2. The van der Waals surface area contributed by atoms with Crippen LogP contribution in [0.3, 0.4) is 0 Å². The maximum absolute atomic E-state index is 13.6. The van der Waals surface area contributed by atoms with E-state index in [0.717, 1.165) is 41.0 Å². The van der Waals surface area contributed by atoms with E-state index in [-0.39, 0.29) is 16.7 Å². The Labute approximate surface area is 226 Å². The minimum atomic E-state index is -0.750. The number of ketones is 1. The summed E-state index contributed by atoms with van der Waals surface area (Å²) >= 11 is 0. The third kappa shape index (κ3) is 4.98. The minimum absolute atomic E-state index is 0.112. The molecule has 1 fully saturated rings. The van der Waals surface area contributed by atoms with Crippen molar-refractivity contribution >= 4 is 28.8 Å². The predicted octanol–water partition coefficient (Wildman–Crippen LogP) is 7.07. The molecule has 1 aliphatic heterocycles. The van der Waals surface area contributed by atoms with Gasteiger partial charge < -0.3 is 10.0 Å². The van der Waals surface area contributed by atoms with Crippen molar-refractivity contribution in [2.24, 2.45) is 0 Å². The van der Waals surface area contributed by atoms with Crippen LogP contribution in [0.4, 0.5) is 11.4 Å². The summed E-state index contributed by atoms with van der Waals surface area (Å²) in [6, 6.07) is 20.7. The number of aliphatic hydroxyl groups excluding tert-OH is 1. The highest BCUT2D eigenvalue weighted by Crippen LogP contribution is 2.43. The molecule has 4 rings (SSSR count). The van der Waals surface area contributed by atoms with Crippen LogP contribution in [0.1, 0.15) is 68.5 Å². The lowest BCUT2D eigenvalue weighted by atomic mass is 9.84. The molecule has 38 heavy (non-hydrogen) atoms. The standard InChI is InChI=1S/C33H38N2O3/c1-8-34(9-2)25-17-14-23(15-18-25)29-28(30(36)27-20-24(33(5,6)7)16-13-22(27)4)31(37)32(38)35(29)26-12-10-11-21(3)19-26/h10-20,29,36H,8-9H2,1-7H3/b30-28+. The fourth-order valence-electron chi connectivity index (χ4n) is 5.14. The van der Waals surface area contributed by atoms with Gasteiger partial charge in [-0.3, -0.25) is 14.5 Å². The summed E-state index contributed by atoms with van der Waals surface area (Å²) in [6.45, 7) is 16.2. The Morgan fingerprint density at radius 2 is 1.58 bits per heavy atom. The molecule has 5 heteroatoms. The third-order valence-corrected chi connectivity index (χ3v) is 7.42. The Kier molecular flexibility index (Phi) is 7.50.